The molecule has 0 saturated carbocycles. The highest BCUT2D eigenvalue weighted by molar-refractivity contribution is 5.75. The van der Waals surface area contributed by atoms with E-state index in [1.807, 2.05) is 31.5 Å². The van der Waals surface area contributed by atoms with Gasteiger partial charge in [-0.2, -0.15) is 0 Å². The van der Waals surface area contributed by atoms with Gasteiger partial charge in [0.15, 0.2) is 0 Å². The third-order valence-corrected chi connectivity index (χ3v) is 1.95. The Kier molecular flexibility index (Phi) is 1.59. The molecule has 0 amide bonds. The zero-order chi connectivity index (χ0) is 8.55. The molecule has 3 N–H and O–H groups in total. The van der Waals surface area contributed by atoms with Crippen LogP contribution in [0.15, 0.2) is 24.5 Å². The van der Waals surface area contributed by atoms with Crippen LogP contribution < -0.4 is 5.73 Å². The Hall–Kier alpha value is -1.35. The molecule has 2 heterocycles. The van der Waals surface area contributed by atoms with Crippen molar-refractivity contribution in [3.63, 3.8) is 0 Å². The summed E-state index contributed by atoms with van der Waals surface area (Å²) in [5.74, 6) is 0. The quantitative estimate of drug-likeness (QED) is 0.667. The molecule has 62 valence electrons. The third kappa shape index (κ3) is 1.08. The van der Waals surface area contributed by atoms with Gasteiger partial charge in [0, 0.05) is 18.4 Å². The molecular weight excluding hydrogens is 150 g/mol. The lowest BCUT2D eigenvalue weighted by molar-refractivity contribution is 0.814. The number of fused-ring (bicyclic) bond motifs is 1. The second-order valence-electron chi connectivity index (χ2n) is 2.97. The van der Waals surface area contributed by atoms with E-state index in [4.69, 9.17) is 5.73 Å². The van der Waals surface area contributed by atoms with Gasteiger partial charge >= 0.3 is 0 Å². The maximum atomic E-state index is 5.72. The molecule has 3 nitrogen and oxygen atoms in total. The Balaban J connectivity index is 2.60. The van der Waals surface area contributed by atoms with Crippen molar-refractivity contribution >= 4 is 11.0 Å². The van der Waals surface area contributed by atoms with Crippen LogP contribution in [0.1, 0.15) is 18.5 Å². The molecule has 0 unspecified atom stereocenters. The molecule has 0 aliphatic heterocycles. The van der Waals surface area contributed by atoms with Crippen molar-refractivity contribution in [3.05, 3.63) is 30.1 Å². The number of nitrogens with two attached hydrogens (primary N) is 1. The lowest BCUT2D eigenvalue weighted by atomic mass is 10.1. The molecule has 0 radical (unpaired) electrons. The number of nitrogens with zero attached hydrogens (tertiary/aromatic N) is 1. The molecule has 0 aliphatic rings. The number of hydrogen-bond donors (Lipinski definition) is 2. The molecule has 0 aromatic carbocycles. The number of hydrogen-bond acceptors (Lipinski definition) is 2. The van der Waals surface area contributed by atoms with Gasteiger partial charge in [-0.25, -0.2) is 0 Å². The number of H-pyrrole nitrogens is 1. The highest BCUT2D eigenvalue weighted by Crippen LogP contribution is 2.14. The maximum absolute atomic E-state index is 5.72. The number of aromatic amines is 1. The summed E-state index contributed by atoms with van der Waals surface area (Å²) in [6, 6.07) is 4.03. The lowest BCUT2D eigenvalue weighted by Crippen LogP contribution is -2.04. The van der Waals surface area contributed by atoms with Crippen LogP contribution in [0.4, 0.5) is 0 Å². The van der Waals surface area contributed by atoms with Crippen LogP contribution in [0, 0.1) is 0 Å². The average molecular weight is 161 g/mol. The van der Waals surface area contributed by atoms with Gasteiger partial charge in [0.2, 0.25) is 0 Å². The summed E-state index contributed by atoms with van der Waals surface area (Å²) < 4.78 is 0. The molecule has 2 aromatic heterocycles. The first kappa shape index (κ1) is 7.31. The largest absolute Gasteiger partial charge is 0.360 e. The van der Waals surface area contributed by atoms with Gasteiger partial charge in [-0.05, 0) is 24.6 Å². The zero-order valence-corrected chi connectivity index (χ0v) is 6.91. The Bertz CT molecular complexity index is 389. The van der Waals surface area contributed by atoms with Gasteiger partial charge in [0.25, 0.3) is 0 Å². The molecule has 3 heteroatoms. The first-order valence-electron chi connectivity index (χ1n) is 3.96. The van der Waals surface area contributed by atoms with Crippen molar-refractivity contribution in [2.45, 2.75) is 13.0 Å². The number of pyridine rings is 1. The van der Waals surface area contributed by atoms with Crippen molar-refractivity contribution in [1.29, 1.82) is 0 Å². The van der Waals surface area contributed by atoms with E-state index < -0.39 is 0 Å². The minimum absolute atomic E-state index is 0.0465. The summed E-state index contributed by atoms with van der Waals surface area (Å²) >= 11 is 0. The number of nitrogens with one attached hydrogen (secondary N) is 1. The summed E-state index contributed by atoms with van der Waals surface area (Å²) in [4.78, 5) is 7.35. The van der Waals surface area contributed by atoms with Crippen LogP contribution in [0.5, 0.6) is 0 Å². The maximum Gasteiger partial charge on any atom is 0.0878 e. The smallest absolute Gasteiger partial charge is 0.0878 e. The van der Waals surface area contributed by atoms with Gasteiger partial charge in [-0.1, -0.05) is 0 Å². The molecule has 0 saturated heterocycles. The van der Waals surface area contributed by atoms with Crippen LogP contribution in [0.3, 0.4) is 0 Å². The first-order valence-corrected chi connectivity index (χ1v) is 3.96. The monoisotopic (exact) mass is 161 g/mol. The Morgan fingerprint density at radius 2 is 2.42 bits per heavy atom. The van der Waals surface area contributed by atoms with Crippen LogP contribution in [-0.4, -0.2) is 9.97 Å². The zero-order valence-electron chi connectivity index (χ0n) is 6.91. The number of aromatic nitrogens is 2. The van der Waals surface area contributed by atoms with Crippen LogP contribution in [-0.2, 0) is 0 Å². The fourth-order valence-electron chi connectivity index (χ4n) is 1.20. The van der Waals surface area contributed by atoms with Crippen molar-refractivity contribution < 1.29 is 0 Å². The van der Waals surface area contributed by atoms with Crippen molar-refractivity contribution in [3.8, 4) is 0 Å². The van der Waals surface area contributed by atoms with Crippen LogP contribution in [0.2, 0.25) is 0 Å². The first-order chi connectivity index (χ1) is 5.77. The Morgan fingerprint density at radius 3 is 3.17 bits per heavy atom. The van der Waals surface area contributed by atoms with E-state index in [1.54, 1.807) is 0 Å². The summed E-state index contributed by atoms with van der Waals surface area (Å²) in [6.45, 7) is 1.95. The third-order valence-electron chi connectivity index (χ3n) is 1.95. The molecule has 2 rings (SSSR count). The van der Waals surface area contributed by atoms with E-state index in [2.05, 4.69) is 9.97 Å². The minimum atomic E-state index is 0.0465. The van der Waals surface area contributed by atoms with E-state index >= 15 is 0 Å². The molecule has 2 aromatic rings. The second kappa shape index (κ2) is 2.60. The SMILES string of the molecule is C[C@H](N)c1cnc2cc[nH]c2c1. The lowest BCUT2D eigenvalue weighted by Gasteiger charge is -2.03. The number of rotatable bonds is 1. The minimum Gasteiger partial charge on any atom is -0.360 e. The van der Waals surface area contributed by atoms with Gasteiger partial charge in [0.1, 0.15) is 0 Å². The van der Waals surface area contributed by atoms with Gasteiger partial charge < -0.3 is 10.7 Å². The fourth-order valence-corrected chi connectivity index (χ4v) is 1.20. The van der Waals surface area contributed by atoms with Gasteiger partial charge in [-0.3, -0.25) is 4.98 Å². The standard InChI is InChI=1S/C9H11N3/c1-6(10)7-4-9-8(12-5-7)2-3-11-9/h2-6,11H,10H2,1H3/t6-/m0/s1. The Morgan fingerprint density at radius 1 is 1.58 bits per heavy atom. The molecule has 0 bridgehead atoms. The van der Waals surface area contributed by atoms with E-state index in [-0.39, 0.29) is 6.04 Å². The highest BCUT2D eigenvalue weighted by Gasteiger charge is 2.01. The molecule has 0 aliphatic carbocycles. The normalized spacial score (nSPS) is 13.5. The topological polar surface area (TPSA) is 54.7 Å². The van der Waals surface area contributed by atoms with Gasteiger partial charge in [0.05, 0.1) is 11.0 Å². The van der Waals surface area contributed by atoms with E-state index in [9.17, 15) is 0 Å². The molecule has 0 spiro atoms. The molecular formula is C9H11N3. The summed E-state index contributed by atoms with van der Waals surface area (Å²) in [5, 5.41) is 0. The average Bonchev–Trinajstić information content (AvgIpc) is 2.49. The molecule has 12 heavy (non-hydrogen) atoms. The summed E-state index contributed by atoms with van der Waals surface area (Å²) in [5.41, 5.74) is 8.81. The Labute approximate surface area is 70.6 Å². The predicted octanol–water partition coefficient (Wildman–Crippen LogP) is 1.58. The fraction of sp³-hybridized carbons (Fsp3) is 0.222. The van der Waals surface area contributed by atoms with Crippen molar-refractivity contribution in [2.24, 2.45) is 5.73 Å². The van der Waals surface area contributed by atoms with E-state index in [1.165, 1.54) is 0 Å². The highest BCUT2D eigenvalue weighted by atomic mass is 14.8. The van der Waals surface area contributed by atoms with Crippen LogP contribution >= 0.6 is 0 Å². The van der Waals surface area contributed by atoms with Gasteiger partial charge in [-0.15, -0.1) is 0 Å². The molecule has 1 atom stereocenters. The van der Waals surface area contributed by atoms with Crippen molar-refractivity contribution in [2.75, 3.05) is 0 Å². The van der Waals surface area contributed by atoms with E-state index in [0.29, 0.717) is 0 Å². The molecule has 0 fully saturated rings. The van der Waals surface area contributed by atoms with E-state index in [0.717, 1.165) is 16.6 Å². The second-order valence-corrected chi connectivity index (χ2v) is 2.97. The summed E-state index contributed by atoms with van der Waals surface area (Å²) in [6.07, 6.45) is 3.70. The predicted molar refractivity (Wildman–Crippen MR) is 48.7 cm³/mol. The summed E-state index contributed by atoms with van der Waals surface area (Å²) in [7, 11) is 0. The van der Waals surface area contributed by atoms with Crippen LogP contribution in [0.25, 0.3) is 11.0 Å². The van der Waals surface area contributed by atoms with Crippen molar-refractivity contribution in [1.82, 2.24) is 9.97 Å².